The van der Waals surface area contributed by atoms with Crippen molar-refractivity contribution >= 4 is 11.9 Å². The van der Waals surface area contributed by atoms with Crippen LogP contribution >= 0.6 is 0 Å². The summed E-state index contributed by atoms with van der Waals surface area (Å²) < 4.78 is 1.11. The lowest BCUT2D eigenvalue weighted by Gasteiger charge is -2.13. The van der Waals surface area contributed by atoms with E-state index in [4.69, 9.17) is 5.11 Å². The summed E-state index contributed by atoms with van der Waals surface area (Å²) in [5.41, 5.74) is 0.161. The van der Waals surface area contributed by atoms with Crippen LogP contribution in [-0.4, -0.2) is 32.8 Å². The zero-order valence-electron chi connectivity index (χ0n) is 12.2. The number of nitrogens with one attached hydrogen (secondary N) is 1. The van der Waals surface area contributed by atoms with Crippen molar-refractivity contribution in [1.29, 1.82) is 0 Å². The molecule has 1 saturated carbocycles. The number of carboxylic acid groups (broad SMARTS) is 1. The maximum Gasteiger partial charge on any atom is 0.326 e. The Hall–Kier alpha value is -2.96. The van der Waals surface area contributed by atoms with Crippen molar-refractivity contribution in [1.82, 2.24) is 15.1 Å². The van der Waals surface area contributed by atoms with Crippen LogP contribution in [-0.2, 0) is 4.79 Å². The highest BCUT2D eigenvalue weighted by Crippen LogP contribution is 2.32. The van der Waals surface area contributed by atoms with Crippen molar-refractivity contribution in [2.75, 3.05) is 0 Å². The number of carbonyl (C=O) groups excluding carboxylic acids is 1. The van der Waals surface area contributed by atoms with Gasteiger partial charge in [-0.25, -0.2) is 4.79 Å². The van der Waals surface area contributed by atoms with Gasteiger partial charge in [-0.2, -0.15) is 9.78 Å². The largest absolute Gasteiger partial charge is 0.480 e. The quantitative estimate of drug-likeness (QED) is 0.851. The highest BCUT2D eigenvalue weighted by Gasteiger charge is 2.37. The van der Waals surface area contributed by atoms with Gasteiger partial charge in [0.15, 0.2) is 0 Å². The average molecular weight is 313 g/mol. The fourth-order valence-corrected chi connectivity index (χ4v) is 2.31. The first-order valence-corrected chi connectivity index (χ1v) is 7.26. The second-order valence-electron chi connectivity index (χ2n) is 5.43. The van der Waals surface area contributed by atoms with Crippen LogP contribution in [0.5, 0.6) is 0 Å². The highest BCUT2D eigenvalue weighted by molar-refractivity contribution is 5.95. The van der Waals surface area contributed by atoms with Crippen molar-refractivity contribution < 1.29 is 14.7 Å². The molecule has 1 aromatic heterocycles. The van der Waals surface area contributed by atoms with E-state index in [1.54, 1.807) is 30.3 Å². The summed E-state index contributed by atoms with van der Waals surface area (Å²) in [7, 11) is 0. The Morgan fingerprint density at radius 1 is 1.17 bits per heavy atom. The second-order valence-corrected chi connectivity index (χ2v) is 5.43. The number of carboxylic acids is 1. The lowest BCUT2D eigenvalue weighted by Crippen LogP contribution is -2.43. The van der Waals surface area contributed by atoms with Crippen LogP contribution in [0.3, 0.4) is 0 Å². The number of rotatable bonds is 5. The zero-order valence-corrected chi connectivity index (χ0v) is 12.2. The van der Waals surface area contributed by atoms with Crippen molar-refractivity contribution in [2.45, 2.75) is 18.9 Å². The summed E-state index contributed by atoms with van der Waals surface area (Å²) in [4.78, 5) is 35.4. The van der Waals surface area contributed by atoms with Crippen molar-refractivity contribution in [2.24, 2.45) is 5.92 Å². The number of benzene rings is 1. The Morgan fingerprint density at radius 2 is 1.87 bits per heavy atom. The molecule has 7 heteroatoms. The average Bonchev–Trinajstić information content (AvgIpc) is 3.38. The Morgan fingerprint density at radius 3 is 2.48 bits per heavy atom. The van der Waals surface area contributed by atoms with Gasteiger partial charge in [-0.3, -0.25) is 9.59 Å². The maximum absolute atomic E-state index is 12.2. The molecule has 118 valence electrons. The number of carbonyl (C=O) groups is 2. The van der Waals surface area contributed by atoms with E-state index in [1.165, 1.54) is 12.1 Å². The summed E-state index contributed by atoms with van der Waals surface area (Å²) >= 11 is 0. The summed E-state index contributed by atoms with van der Waals surface area (Å²) in [6.07, 6.45) is 1.57. The first-order valence-electron chi connectivity index (χ1n) is 7.26. The molecule has 1 heterocycles. The first-order chi connectivity index (χ1) is 11.1. The van der Waals surface area contributed by atoms with Gasteiger partial charge in [0.25, 0.3) is 11.5 Å². The molecule has 1 aromatic carbocycles. The molecule has 1 fully saturated rings. The summed E-state index contributed by atoms with van der Waals surface area (Å²) in [5, 5.41) is 15.7. The predicted octanol–water partition coefficient (Wildman–Crippen LogP) is 0.825. The van der Waals surface area contributed by atoms with E-state index in [1.807, 2.05) is 0 Å². The number of aromatic nitrogens is 2. The SMILES string of the molecule is O=C(NC(C(=O)O)C1CC1)c1ccc(=O)n(-c2ccccc2)n1. The van der Waals surface area contributed by atoms with E-state index >= 15 is 0 Å². The maximum atomic E-state index is 12.2. The number of hydrogen-bond donors (Lipinski definition) is 2. The van der Waals surface area contributed by atoms with Gasteiger partial charge in [0, 0.05) is 6.07 Å². The minimum atomic E-state index is -1.06. The van der Waals surface area contributed by atoms with E-state index in [9.17, 15) is 14.4 Å². The Balaban J connectivity index is 1.87. The van der Waals surface area contributed by atoms with E-state index in [2.05, 4.69) is 10.4 Å². The monoisotopic (exact) mass is 313 g/mol. The Bertz CT molecular complexity index is 796. The second kappa shape index (κ2) is 6.04. The Kier molecular flexibility index (Phi) is 3.92. The van der Waals surface area contributed by atoms with E-state index in [0.29, 0.717) is 5.69 Å². The van der Waals surface area contributed by atoms with Crippen molar-refractivity contribution in [3.05, 3.63) is 58.5 Å². The molecular formula is C16H15N3O4. The van der Waals surface area contributed by atoms with Crippen LogP contribution in [0.25, 0.3) is 5.69 Å². The smallest absolute Gasteiger partial charge is 0.326 e. The third-order valence-electron chi connectivity index (χ3n) is 3.68. The third-order valence-corrected chi connectivity index (χ3v) is 3.68. The summed E-state index contributed by atoms with van der Waals surface area (Å²) in [6.45, 7) is 0. The molecule has 7 nitrogen and oxygen atoms in total. The molecule has 1 aliphatic rings. The molecule has 0 bridgehead atoms. The van der Waals surface area contributed by atoms with Gasteiger partial charge in [-0.15, -0.1) is 0 Å². The minimum Gasteiger partial charge on any atom is -0.480 e. The molecule has 2 aromatic rings. The van der Waals surface area contributed by atoms with Crippen LogP contribution in [0.15, 0.2) is 47.3 Å². The van der Waals surface area contributed by atoms with Crippen LogP contribution < -0.4 is 10.9 Å². The van der Waals surface area contributed by atoms with Crippen LogP contribution in [0.1, 0.15) is 23.3 Å². The van der Waals surface area contributed by atoms with E-state index in [0.717, 1.165) is 17.5 Å². The van der Waals surface area contributed by atoms with Gasteiger partial charge < -0.3 is 10.4 Å². The van der Waals surface area contributed by atoms with Crippen molar-refractivity contribution in [3.8, 4) is 5.69 Å². The first kappa shape index (κ1) is 15.0. The lowest BCUT2D eigenvalue weighted by atomic mass is 10.2. The minimum absolute atomic E-state index is 0.000327. The number of para-hydroxylation sites is 1. The van der Waals surface area contributed by atoms with Crippen LogP contribution in [0.4, 0.5) is 0 Å². The fraction of sp³-hybridized carbons (Fsp3) is 0.250. The topological polar surface area (TPSA) is 101 Å². The normalized spacial score (nSPS) is 15.0. The third kappa shape index (κ3) is 3.28. The lowest BCUT2D eigenvalue weighted by molar-refractivity contribution is -0.139. The summed E-state index contributed by atoms with van der Waals surface area (Å²) in [6, 6.07) is 10.3. The number of amides is 1. The molecule has 1 aliphatic carbocycles. The van der Waals surface area contributed by atoms with E-state index < -0.39 is 17.9 Å². The molecule has 0 saturated heterocycles. The van der Waals surface area contributed by atoms with Gasteiger partial charge in [0.05, 0.1) is 5.69 Å². The van der Waals surface area contributed by atoms with Gasteiger partial charge in [-0.05, 0) is 37.0 Å². The Labute approximate surface area is 131 Å². The van der Waals surface area contributed by atoms with Gasteiger partial charge >= 0.3 is 5.97 Å². The number of aliphatic carboxylic acids is 1. The molecule has 2 N–H and O–H groups in total. The fourth-order valence-electron chi connectivity index (χ4n) is 2.31. The molecule has 1 amide bonds. The molecular weight excluding hydrogens is 298 g/mol. The van der Waals surface area contributed by atoms with Crippen LogP contribution in [0, 0.1) is 5.92 Å². The molecule has 0 radical (unpaired) electrons. The van der Waals surface area contributed by atoms with Crippen LogP contribution in [0.2, 0.25) is 0 Å². The zero-order chi connectivity index (χ0) is 16.4. The van der Waals surface area contributed by atoms with Gasteiger partial charge in [0.1, 0.15) is 11.7 Å². The number of hydrogen-bond acceptors (Lipinski definition) is 4. The molecule has 23 heavy (non-hydrogen) atoms. The van der Waals surface area contributed by atoms with Gasteiger partial charge in [0.2, 0.25) is 0 Å². The standard InChI is InChI=1S/C16H15N3O4/c20-13-9-8-12(18-19(13)11-4-2-1-3-5-11)15(21)17-14(16(22)23)10-6-7-10/h1-5,8-10,14H,6-7H2,(H,17,21)(H,22,23). The number of nitrogens with zero attached hydrogens (tertiary/aromatic N) is 2. The molecule has 0 spiro atoms. The highest BCUT2D eigenvalue weighted by atomic mass is 16.4. The molecule has 1 atom stereocenters. The van der Waals surface area contributed by atoms with Crippen molar-refractivity contribution in [3.63, 3.8) is 0 Å². The van der Waals surface area contributed by atoms with E-state index in [-0.39, 0.29) is 17.2 Å². The molecule has 0 aliphatic heterocycles. The summed E-state index contributed by atoms with van der Waals surface area (Å²) in [5.74, 6) is -1.69. The predicted molar refractivity (Wildman–Crippen MR) is 81.4 cm³/mol. The van der Waals surface area contributed by atoms with Gasteiger partial charge in [-0.1, -0.05) is 18.2 Å². The molecule has 1 unspecified atom stereocenters. The molecule has 3 rings (SSSR count).